The molecule has 2 N–H and O–H groups in total. The molecule has 0 saturated carbocycles. The van der Waals surface area contributed by atoms with Gasteiger partial charge in [-0.2, -0.15) is 5.26 Å². The maximum atomic E-state index is 8.98. The number of hydrogen-bond acceptors (Lipinski definition) is 4. The van der Waals surface area contributed by atoms with Gasteiger partial charge in [-0.3, -0.25) is 0 Å². The van der Waals surface area contributed by atoms with Crippen molar-refractivity contribution in [3.8, 4) is 17.6 Å². The molecule has 2 rings (SSSR count). The Kier molecular flexibility index (Phi) is 4.81. The van der Waals surface area contributed by atoms with Gasteiger partial charge in [-0.15, -0.1) is 0 Å². The van der Waals surface area contributed by atoms with Crippen molar-refractivity contribution in [3.05, 3.63) is 58.7 Å². The molecule has 108 valence electrons. The zero-order valence-corrected chi connectivity index (χ0v) is 12.2. The van der Waals surface area contributed by atoms with Crippen molar-refractivity contribution < 1.29 is 9.47 Å². The van der Waals surface area contributed by atoms with E-state index in [2.05, 4.69) is 6.07 Å². The molecule has 0 spiro atoms. The van der Waals surface area contributed by atoms with Crippen LogP contribution in [0.5, 0.6) is 11.5 Å². The van der Waals surface area contributed by atoms with E-state index in [1.807, 2.05) is 25.1 Å². The average Bonchev–Trinajstić information content (AvgIpc) is 2.53. The van der Waals surface area contributed by atoms with Gasteiger partial charge in [-0.05, 0) is 31.2 Å². The lowest BCUT2D eigenvalue weighted by Gasteiger charge is -2.13. The summed E-state index contributed by atoms with van der Waals surface area (Å²) in [6, 6.07) is 13.3. The second-order valence-corrected chi connectivity index (χ2v) is 4.74. The third kappa shape index (κ3) is 3.53. The SMILES string of the molecule is COc1ccc(C#N)cc1COc1ccc(C)cc1CN. The molecular formula is C17H18N2O2. The maximum absolute atomic E-state index is 8.98. The van der Waals surface area contributed by atoms with Crippen molar-refractivity contribution in [2.45, 2.75) is 20.1 Å². The normalized spacial score (nSPS) is 10.0. The lowest BCUT2D eigenvalue weighted by molar-refractivity contribution is 0.294. The predicted octanol–water partition coefficient (Wildman–Crippen LogP) is 2.91. The monoisotopic (exact) mass is 282 g/mol. The third-order valence-electron chi connectivity index (χ3n) is 3.23. The van der Waals surface area contributed by atoms with Crippen LogP contribution in [0.2, 0.25) is 0 Å². The summed E-state index contributed by atoms with van der Waals surface area (Å²) < 4.78 is 11.1. The van der Waals surface area contributed by atoms with Gasteiger partial charge in [0, 0.05) is 17.7 Å². The summed E-state index contributed by atoms with van der Waals surface area (Å²) in [5.74, 6) is 1.46. The fraction of sp³-hybridized carbons (Fsp3) is 0.235. The Labute approximate surface area is 124 Å². The topological polar surface area (TPSA) is 68.3 Å². The van der Waals surface area contributed by atoms with Crippen molar-refractivity contribution in [2.24, 2.45) is 5.73 Å². The van der Waals surface area contributed by atoms with Crippen molar-refractivity contribution >= 4 is 0 Å². The molecule has 0 saturated heterocycles. The molecule has 0 bridgehead atoms. The van der Waals surface area contributed by atoms with Crippen LogP contribution in [0.15, 0.2) is 36.4 Å². The van der Waals surface area contributed by atoms with Gasteiger partial charge in [0.2, 0.25) is 0 Å². The molecule has 0 aliphatic rings. The Morgan fingerprint density at radius 2 is 1.86 bits per heavy atom. The van der Waals surface area contributed by atoms with Gasteiger partial charge in [-0.1, -0.05) is 17.7 Å². The van der Waals surface area contributed by atoms with Gasteiger partial charge in [0.25, 0.3) is 0 Å². The Morgan fingerprint density at radius 1 is 1.10 bits per heavy atom. The van der Waals surface area contributed by atoms with Crippen LogP contribution in [-0.4, -0.2) is 7.11 Å². The number of ether oxygens (including phenoxy) is 2. The fourth-order valence-corrected chi connectivity index (χ4v) is 2.12. The smallest absolute Gasteiger partial charge is 0.125 e. The van der Waals surface area contributed by atoms with Gasteiger partial charge in [0.15, 0.2) is 0 Å². The molecule has 0 amide bonds. The summed E-state index contributed by atoms with van der Waals surface area (Å²) in [5.41, 5.74) is 9.27. The van der Waals surface area contributed by atoms with E-state index in [1.165, 1.54) is 0 Å². The Morgan fingerprint density at radius 3 is 2.52 bits per heavy atom. The van der Waals surface area contributed by atoms with Crippen LogP contribution in [0.1, 0.15) is 22.3 Å². The minimum absolute atomic E-state index is 0.328. The van der Waals surface area contributed by atoms with Crippen LogP contribution < -0.4 is 15.2 Å². The summed E-state index contributed by atoms with van der Waals surface area (Å²) in [6.07, 6.45) is 0. The van der Waals surface area contributed by atoms with E-state index in [1.54, 1.807) is 25.3 Å². The summed E-state index contributed by atoms with van der Waals surface area (Å²) in [7, 11) is 1.60. The standard InChI is InChI=1S/C17H18N2O2/c1-12-3-5-17(14(7-12)10-19)21-11-15-8-13(9-18)4-6-16(15)20-2/h3-8H,10-11,19H2,1-2H3. The number of nitrogens with zero attached hydrogens (tertiary/aromatic N) is 1. The molecule has 0 unspecified atom stereocenters. The van der Waals surface area contributed by atoms with Crippen molar-refractivity contribution in [1.82, 2.24) is 0 Å². The van der Waals surface area contributed by atoms with E-state index >= 15 is 0 Å². The Balaban J connectivity index is 2.22. The maximum Gasteiger partial charge on any atom is 0.125 e. The molecular weight excluding hydrogens is 264 g/mol. The van der Waals surface area contributed by atoms with Crippen molar-refractivity contribution in [3.63, 3.8) is 0 Å². The van der Waals surface area contributed by atoms with Crippen molar-refractivity contribution in [1.29, 1.82) is 5.26 Å². The minimum Gasteiger partial charge on any atom is -0.496 e. The summed E-state index contributed by atoms with van der Waals surface area (Å²) in [4.78, 5) is 0. The second-order valence-electron chi connectivity index (χ2n) is 4.74. The molecule has 0 fully saturated rings. The first-order chi connectivity index (χ1) is 10.2. The number of hydrogen-bond donors (Lipinski definition) is 1. The average molecular weight is 282 g/mol. The number of methoxy groups -OCH3 is 1. The molecule has 0 atom stereocenters. The fourth-order valence-electron chi connectivity index (χ4n) is 2.12. The number of nitrogens with two attached hydrogens (primary N) is 1. The molecule has 0 radical (unpaired) electrons. The highest BCUT2D eigenvalue weighted by molar-refractivity contribution is 5.42. The highest BCUT2D eigenvalue weighted by Crippen LogP contribution is 2.24. The van der Waals surface area contributed by atoms with Gasteiger partial charge >= 0.3 is 0 Å². The van der Waals surface area contributed by atoms with E-state index in [-0.39, 0.29) is 0 Å². The largest absolute Gasteiger partial charge is 0.496 e. The zero-order valence-electron chi connectivity index (χ0n) is 12.2. The highest BCUT2D eigenvalue weighted by atomic mass is 16.5. The first-order valence-corrected chi connectivity index (χ1v) is 6.67. The van der Waals surface area contributed by atoms with Crippen molar-refractivity contribution in [2.75, 3.05) is 7.11 Å². The van der Waals surface area contributed by atoms with Crippen LogP contribution in [0.4, 0.5) is 0 Å². The minimum atomic E-state index is 0.328. The number of benzene rings is 2. The van der Waals surface area contributed by atoms with E-state index in [9.17, 15) is 0 Å². The number of nitriles is 1. The van der Waals surface area contributed by atoms with Gasteiger partial charge in [0.1, 0.15) is 18.1 Å². The molecule has 0 aromatic heterocycles. The molecule has 0 aliphatic carbocycles. The highest BCUT2D eigenvalue weighted by Gasteiger charge is 2.08. The molecule has 21 heavy (non-hydrogen) atoms. The van der Waals surface area contributed by atoms with E-state index in [4.69, 9.17) is 20.5 Å². The summed E-state index contributed by atoms with van der Waals surface area (Å²) >= 11 is 0. The number of rotatable bonds is 5. The number of aryl methyl sites for hydroxylation is 1. The summed E-state index contributed by atoms with van der Waals surface area (Å²) in [6.45, 7) is 2.77. The van der Waals surface area contributed by atoms with Crippen LogP contribution in [0.25, 0.3) is 0 Å². The molecule has 4 heteroatoms. The second kappa shape index (κ2) is 6.78. The lowest BCUT2D eigenvalue weighted by Crippen LogP contribution is -2.04. The van der Waals surface area contributed by atoms with E-state index < -0.39 is 0 Å². The first-order valence-electron chi connectivity index (χ1n) is 6.67. The van der Waals surface area contributed by atoms with Gasteiger partial charge in [0.05, 0.1) is 18.7 Å². The van der Waals surface area contributed by atoms with Crippen LogP contribution >= 0.6 is 0 Å². The molecule has 0 aliphatic heterocycles. The molecule has 2 aromatic carbocycles. The molecule has 4 nitrogen and oxygen atoms in total. The predicted molar refractivity (Wildman–Crippen MR) is 81.1 cm³/mol. The van der Waals surface area contributed by atoms with Gasteiger partial charge < -0.3 is 15.2 Å². The zero-order chi connectivity index (χ0) is 15.2. The quantitative estimate of drug-likeness (QED) is 0.915. The first kappa shape index (κ1) is 14.9. The van der Waals surface area contributed by atoms with Gasteiger partial charge in [-0.25, -0.2) is 0 Å². The van der Waals surface area contributed by atoms with Crippen LogP contribution in [-0.2, 0) is 13.2 Å². The lowest BCUT2D eigenvalue weighted by atomic mass is 10.1. The van der Waals surface area contributed by atoms with Crippen LogP contribution in [0.3, 0.4) is 0 Å². The van der Waals surface area contributed by atoms with E-state index in [0.717, 1.165) is 22.4 Å². The van der Waals surface area contributed by atoms with E-state index in [0.29, 0.717) is 24.5 Å². The summed E-state index contributed by atoms with van der Waals surface area (Å²) in [5, 5.41) is 8.98. The third-order valence-corrected chi connectivity index (χ3v) is 3.23. The Hall–Kier alpha value is -2.51. The van der Waals surface area contributed by atoms with Crippen LogP contribution in [0, 0.1) is 18.3 Å². The molecule has 2 aromatic rings. The molecule has 0 heterocycles. The Bertz CT molecular complexity index is 675.